The highest BCUT2D eigenvalue weighted by atomic mass is 16.6. The minimum atomic E-state index is -0.755. The first-order chi connectivity index (χ1) is 15.5. The molecule has 1 fully saturated rings. The average molecular weight is 432 g/mol. The number of rotatable bonds is 8. The predicted molar refractivity (Wildman–Crippen MR) is 114 cm³/mol. The van der Waals surface area contributed by atoms with Gasteiger partial charge < -0.3 is 13.9 Å². The topological polar surface area (TPSA) is 108 Å². The van der Waals surface area contributed by atoms with E-state index in [9.17, 15) is 14.4 Å². The largest absolute Gasteiger partial charge is 0.485 e. The van der Waals surface area contributed by atoms with Crippen LogP contribution in [0.4, 0.5) is 4.79 Å². The molecule has 8 heteroatoms. The molecule has 0 atom stereocenters. The second kappa shape index (κ2) is 9.30. The number of amides is 1. The van der Waals surface area contributed by atoms with Gasteiger partial charge in [-0.2, -0.15) is 0 Å². The van der Waals surface area contributed by atoms with Gasteiger partial charge >= 0.3 is 12.1 Å². The molecule has 4 rings (SSSR count). The quantitative estimate of drug-likeness (QED) is 0.248. The third-order valence-corrected chi connectivity index (χ3v) is 4.80. The molecule has 1 aliphatic rings. The average Bonchev–Trinajstić information content (AvgIpc) is 3.34. The van der Waals surface area contributed by atoms with E-state index in [1.54, 1.807) is 25.1 Å². The summed E-state index contributed by atoms with van der Waals surface area (Å²) in [4.78, 5) is 39.2. The van der Waals surface area contributed by atoms with Gasteiger partial charge in [0.25, 0.3) is 0 Å². The fourth-order valence-corrected chi connectivity index (χ4v) is 3.17. The number of allylic oxidation sites excluding steroid dienone is 1. The first kappa shape index (κ1) is 21.0. The van der Waals surface area contributed by atoms with Crippen LogP contribution in [-0.2, 0) is 16.0 Å². The van der Waals surface area contributed by atoms with Crippen molar-refractivity contribution in [1.82, 2.24) is 10.3 Å². The number of aryl methyl sites for hydroxylation is 2. The monoisotopic (exact) mass is 432 g/mol. The fourth-order valence-electron chi connectivity index (χ4n) is 3.17. The number of nitrogens with zero attached hydrogens (tertiary/aromatic N) is 1. The van der Waals surface area contributed by atoms with Crippen LogP contribution in [0.3, 0.4) is 0 Å². The van der Waals surface area contributed by atoms with Crippen LogP contribution in [0, 0.1) is 6.92 Å². The highest BCUT2D eigenvalue weighted by Crippen LogP contribution is 2.22. The second-order valence-corrected chi connectivity index (χ2v) is 7.10. The smallest absolute Gasteiger partial charge is 0.419 e. The molecule has 0 spiro atoms. The van der Waals surface area contributed by atoms with Crippen LogP contribution in [0.2, 0.25) is 0 Å². The number of aromatic nitrogens is 1. The van der Waals surface area contributed by atoms with Crippen molar-refractivity contribution in [1.29, 1.82) is 0 Å². The van der Waals surface area contributed by atoms with E-state index in [1.807, 2.05) is 42.5 Å². The van der Waals surface area contributed by atoms with E-state index in [-0.39, 0.29) is 23.8 Å². The van der Waals surface area contributed by atoms with Crippen LogP contribution in [-0.4, -0.2) is 29.4 Å². The number of hydrogen-bond acceptors (Lipinski definition) is 7. The lowest BCUT2D eigenvalue weighted by molar-refractivity contribution is -0.130. The van der Waals surface area contributed by atoms with Crippen molar-refractivity contribution in [2.24, 2.45) is 0 Å². The maximum atomic E-state index is 12.5. The van der Waals surface area contributed by atoms with E-state index in [0.717, 1.165) is 11.1 Å². The van der Waals surface area contributed by atoms with Gasteiger partial charge in [0.1, 0.15) is 17.2 Å². The minimum absolute atomic E-state index is 0.158. The van der Waals surface area contributed by atoms with Crippen LogP contribution in [0.1, 0.15) is 28.2 Å². The van der Waals surface area contributed by atoms with E-state index < -0.39 is 12.1 Å². The maximum Gasteiger partial charge on any atom is 0.419 e. The summed E-state index contributed by atoms with van der Waals surface area (Å²) in [5.74, 6) is 0.466. The van der Waals surface area contributed by atoms with Gasteiger partial charge in [0.05, 0.1) is 0 Å². The number of ketones is 1. The number of Topliss-reactive ketones (excluding diaryl/α,β-unsaturated/α-hetero) is 1. The fraction of sp³-hybridized carbons (Fsp3) is 0.167. The Bertz CT molecular complexity index is 1180. The van der Waals surface area contributed by atoms with Crippen molar-refractivity contribution in [3.63, 3.8) is 0 Å². The molecular weight excluding hydrogens is 412 g/mol. The minimum Gasteiger partial charge on any atom is -0.485 e. The molecule has 2 heterocycles. The first-order valence-electron chi connectivity index (χ1n) is 10.0. The molecular formula is C24H20N2O6. The number of ether oxygens (including phenoxy) is 2. The highest BCUT2D eigenvalue weighted by Gasteiger charge is 2.25. The van der Waals surface area contributed by atoms with Gasteiger partial charge in [0.2, 0.25) is 11.7 Å². The van der Waals surface area contributed by atoms with E-state index in [2.05, 4.69) is 15.0 Å². The molecule has 1 N–H and O–H groups in total. The number of hydrogen-bond donors (Lipinski definition) is 1. The van der Waals surface area contributed by atoms with Crippen molar-refractivity contribution in [2.75, 3.05) is 6.61 Å². The zero-order valence-electron chi connectivity index (χ0n) is 17.3. The van der Waals surface area contributed by atoms with Gasteiger partial charge in [0.15, 0.2) is 12.3 Å². The zero-order valence-corrected chi connectivity index (χ0v) is 17.3. The Morgan fingerprint density at radius 1 is 1.09 bits per heavy atom. The summed E-state index contributed by atoms with van der Waals surface area (Å²) in [5.41, 5.74) is 2.23. The number of alkyl carbamates (subject to hydrolysis) is 1. The lowest BCUT2D eigenvalue weighted by Gasteiger charge is -2.06. The maximum absolute atomic E-state index is 12.5. The Labute approximate surface area is 183 Å². The lowest BCUT2D eigenvalue weighted by Crippen LogP contribution is -2.13. The molecule has 0 bridgehead atoms. The number of carbonyl (C=O) groups is 3. The number of carbonyl (C=O) groups excluding carboxylic acids is 3. The molecule has 1 aliphatic heterocycles. The van der Waals surface area contributed by atoms with Crippen molar-refractivity contribution in [3.05, 3.63) is 83.4 Å². The summed E-state index contributed by atoms with van der Waals surface area (Å²) in [6.45, 7) is 1.54. The second-order valence-electron chi connectivity index (χ2n) is 7.10. The van der Waals surface area contributed by atoms with Crippen LogP contribution in [0.25, 0.3) is 11.5 Å². The van der Waals surface area contributed by atoms with E-state index in [1.165, 1.54) is 0 Å². The van der Waals surface area contributed by atoms with E-state index >= 15 is 0 Å². The van der Waals surface area contributed by atoms with Crippen LogP contribution >= 0.6 is 0 Å². The molecule has 1 saturated heterocycles. The van der Waals surface area contributed by atoms with Crippen molar-refractivity contribution in [3.8, 4) is 17.2 Å². The third-order valence-electron chi connectivity index (χ3n) is 4.80. The SMILES string of the molecule is Cc1oc(-c2ccccc2)nc1C(=O)COc1ccc(CCC=C2NC(=O)OC2=O)cc1. The number of nitrogens with one attached hydrogen (secondary N) is 1. The molecule has 1 aromatic heterocycles. The Morgan fingerprint density at radius 2 is 1.84 bits per heavy atom. The number of esters is 1. The predicted octanol–water partition coefficient (Wildman–Crippen LogP) is 3.99. The normalized spacial score (nSPS) is 14.3. The van der Waals surface area contributed by atoms with Crippen LogP contribution in [0.15, 0.2) is 70.8 Å². The number of cyclic esters (lactones) is 2. The highest BCUT2D eigenvalue weighted by molar-refractivity contribution is 6.03. The molecule has 0 saturated carbocycles. The molecule has 0 aliphatic carbocycles. The molecule has 8 nitrogen and oxygen atoms in total. The zero-order chi connectivity index (χ0) is 22.5. The van der Waals surface area contributed by atoms with Gasteiger partial charge in [0, 0.05) is 5.56 Å². The Kier molecular flexibility index (Phi) is 6.12. The first-order valence-corrected chi connectivity index (χ1v) is 10.0. The molecule has 1 amide bonds. The molecule has 3 aromatic rings. The standard InChI is InChI=1S/C24H20N2O6/c1-15-21(26-22(31-15)17-7-3-2-4-8-17)20(27)14-30-18-12-10-16(11-13-18)6-5-9-19-23(28)32-24(29)25-19/h2-4,7-13H,5-6,14H2,1H3,(H,25,29). The van der Waals surface area contributed by atoms with E-state index in [0.29, 0.717) is 30.2 Å². The summed E-state index contributed by atoms with van der Waals surface area (Å²) in [7, 11) is 0. The molecule has 0 unspecified atom stereocenters. The number of oxazole rings is 1. The third kappa shape index (κ3) is 4.92. The van der Waals surface area contributed by atoms with Crippen LogP contribution < -0.4 is 10.1 Å². The van der Waals surface area contributed by atoms with Crippen LogP contribution in [0.5, 0.6) is 5.75 Å². The molecule has 0 radical (unpaired) electrons. The lowest BCUT2D eigenvalue weighted by atomic mass is 10.1. The van der Waals surface area contributed by atoms with E-state index in [4.69, 9.17) is 9.15 Å². The Hall–Kier alpha value is -4.20. The summed E-state index contributed by atoms with van der Waals surface area (Å²) in [6.07, 6.45) is 2.08. The number of benzene rings is 2. The molecule has 32 heavy (non-hydrogen) atoms. The summed E-state index contributed by atoms with van der Waals surface area (Å²) < 4.78 is 15.6. The molecule has 162 valence electrons. The van der Waals surface area contributed by atoms with Gasteiger partial charge in [-0.25, -0.2) is 14.6 Å². The van der Waals surface area contributed by atoms with Crippen molar-refractivity contribution in [2.45, 2.75) is 19.8 Å². The Morgan fingerprint density at radius 3 is 2.53 bits per heavy atom. The van der Waals surface area contributed by atoms with Crippen molar-refractivity contribution >= 4 is 17.8 Å². The van der Waals surface area contributed by atoms with Gasteiger partial charge in [-0.1, -0.05) is 36.4 Å². The summed E-state index contributed by atoms with van der Waals surface area (Å²) in [5, 5.41) is 2.34. The summed E-state index contributed by atoms with van der Waals surface area (Å²) in [6, 6.07) is 16.7. The van der Waals surface area contributed by atoms with Gasteiger partial charge in [-0.05, 0) is 49.6 Å². The molecule has 2 aromatic carbocycles. The summed E-state index contributed by atoms with van der Waals surface area (Å²) >= 11 is 0. The Balaban J connectivity index is 1.30. The van der Waals surface area contributed by atoms with Gasteiger partial charge in [-0.3, -0.25) is 10.1 Å². The van der Waals surface area contributed by atoms with Gasteiger partial charge in [-0.15, -0.1) is 0 Å². The van der Waals surface area contributed by atoms with Crippen molar-refractivity contribution < 1.29 is 28.3 Å².